The van der Waals surface area contributed by atoms with E-state index in [2.05, 4.69) is 10.6 Å². The van der Waals surface area contributed by atoms with E-state index in [-0.39, 0.29) is 73.9 Å². The van der Waals surface area contributed by atoms with Crippen LogP contribution in [0.25, 0.3) is 0 Å². The van der Waals surface area contributed by atoms with Gasteiger partial charge >= 0.3 is 11.9 Å². The summed E-state index contributed by atoms with van der Waals surface area (Å²) in [4.78, 5) is 26.6. The molecule has 4 rings (SSSR count). The van der Waals surface area contributed by atoms with Gasteiger partial charge in [0.2, 0.25) is 0 Å². The van der Waals surface area contributed by atoms with E-state index in [1.807, 2.05) is 12.1 Å². The van der Waals surface area contributed by atoms with Crippen molar-refractivity contribution in [2.24, 2.45) is 0 Å². The van der Waals surface area contributed by atoms with E-state index in [9.17, 15) is 26.4 Å². The molecule has 16 nitrogen and oxygen atoms in total. The van der Waals surface area contributed by atoms with E-state index in [1.165, 1.54) is 26.4 Å². The number of rotatable bonds is 24. The minimum Gasteiger partial charge on any atom is -0.493 e. The first-order valence-electron chi connectivity index (χ1n) is 18.8. The minimum absolute atomic E-state index is 0.0712. The number of hydrogen-bond acceptors (Lipinski definition) is 16. The summed E-state index contributed by atoms with van der Waals surface area (Å²) in [6.45, 7) is 4.09. The Balaban J connectivity index is 1.35. The number of methoxy groups -OCH3 is 2. The van der Waals surface area contributed by atoms with Crippen LogP contribution in [-0.2, 0) is 38.7 Å². The fourth-order valence-corrected chi connectivity index (χ4v) is 7.63. The van der Waals surface area contributed by atoms with Crippen LogP contribution in [0.3, 0.4) is 0 Å². The Morgan fingerprint density at radius 2 is 0.917 bits per heavy atom. The molecule has 4 aromatic carbocycles. The number of sulfone groups is 2. The maximum atomic E-state index is 13.2. The summed E-state index contributed by atoms with van der Waals surface area (Å²) in [6.07, 6.45) is 0.370. The average molecular weight is 873 g/mol. The summed E-state index contributed by atoms with van der Waals surface area (Å²) < 4.78 is 93.8. The molecule has 0 bridgehead atoms. The van der Waals surface area contributed by atoms with Crippen molar-refractivity contribution in [1.29, 1.82) is 0 Å². The first kappa shape index (κ1) is 47.1. The summed E-state index contributed by atoms with van der Waals surface area (Å²) in [5.41, 5.74) is 1.01. The van der Waals surface area contributed by atoms with Gasteiger partial charge in [0.1, 0.15) is 50.1 Å². The highest BCUT2D eigenvalue weighted by Crippen LogP contribution is 2.33. The Bertz CT molecular complexity index is 2080. The zero-order valence-electron chi connectivity index (χ0n) is 34.4. The third-order valence-electron chi connectivity index (χ3n) is 8.61. The lowest BCUT2D eigenvalue weighted by Crippen LogP contribution is -2.41. The molecule has 0 amide bonds. The Kier molecular flexibility index (Phi) is 17.8. The summed E-state index contributed by atoms with van der Waals surface area (Å²) in [7, 11) is -4.12. The van der Waals surface area contributed by atoms with E-state index < -0.39 is 43.8 Å². The van der Waals surface area contributed by atoms with Crippen molar-refractivity contribution in [2.75, 3.05) is 79.3 Å². The average Bonchev–Trinajstić information content (AvgIpc) is 3.21. The number of hydrogen-bond donors (Lipinski definition) is 2. The maximum Gasteiger partial charge on any atom is 0.417 e. The van der Waals surface area contributed by atoms with E-state index in [4.69, 9.17) is 37.9 Å². The highest BCUT2D eigenvalue weighted by molar-refractivity contribution is 7.91. The fraction of sp³-hybridized carbons (Fsp3) is 0.381. The largest absolute Gasteiger partial charge is 0.493 e. The third kappa shape index (κ3) is 14.9. The van der Waals surface area contributed by atoms with Gasteiger partial charge in [-0.15, -0.1) is 0 Å². The molecule has 0 fully saturated rings. The molecule has 0 aliphatic carbocycles. The van der Waals surface area contributed by atoms with Crippen LogP contribution in [0.15, 0.2) is 94.7 Å². The molecule has 0 heterocycles. The lowest BCUT2D eigenvalue weighted by molar-refractivity contribution is -0.175. The molecule has 2 atom stereocenters. The van der Waals surface area contributed by atoms with Gasteiger partial charge in [0.15, 0.2) is 42.7 Å². The molecule has 0 aliphatic heterocycles. The van der Waals surface area contributed by atoms with E-state index in [0.29, 0.717) is 34.1 Å². The number of aryl methyl sites for hydroxylation is 2. The van der Waals surface area contributed by atoms with Crippen molar-refractivity contribution >= 4 is 31.6 Å². The van der Waals surface area contributed by atoms with Gasteiger partial charge in [-0.25, -0.2) is 26.4 Å². The lowest BCUT2D eigenvalue weighted by atomic mass is 10.2. The summed E-state index contributed by atoms with van der Waals surface area (Å²) in [6, 6.07) is 23.7. The predicted octanol–water partition coefficient (Wildman–Crippen LogP) is 3.75. The lowest BCUT2D eigenvalue weighted by Gasteiger charge is -2.21. The van der Waals surface area contributed by atoms with E-state index >= 15 is 0 Å². The fourth-order valence-electron chi connectivity index (χ4n) is 5.70. The smallest absolute Gasteiger partial charge is 0.417 e. The summed E-state index contributed by atoms with van der Waals surface area (Å²) in [5.74, 6) is -0.211. The second-order valence-electron chi connectivity index (χ2n) is 13.5. The van der Waals surface area contributed by atoms with Crippen molar-refractivity contribution < 1.29 is 64.3 Å². The molecular formula is C42H52N2O14S2. The van der Waals surface area contributed by atoms with Crippen LogP contribution < -0.4 is 39.1 Å². The minimum atomic E-state index is -3.47. The van der Waals surface area contributed by atoms with Gasteiger partial charge < -0.3 is 48.5 Å². The second kappa shape index (κ2) is 22.7. The van der Waals surface area contributed by atoms with E-state index in [1.54, 1.807) is 74.5 Å². The molecule has 0 spiro atoms. The Hall–Kier alpha value is -5.56. The highest BCUT2D eigenvalue weighted by atomic mass is 32.2. The SMILES string of the molecule is COc1cc(S(C)(=O)=O)c(C)cc1OCCNCC(COc1ccccc1)OC(=O)C(=O)OC(CNCCOc1cc(C)c(S(C)(=O)=O)cc1OC)COc1ccccc1. The molecular weight excluding hydrogens is 821 g/mol. The number of carbonyl (C=O) groups is 2. The van der Waals surface area contributed by atoms with Crippen LogP contribution in [0, 0.1) is 13.8 Å². The topological polar surface area (TPSA) is 200 Å². The van der Waals surface area contributed by atoms with Crippen LogP contribution in [0.2, 0.25) is 0 Å². The van der Waals surface area contributed by atoms with Gasteiger partial charge in [-0.05, 0) is 61.4 Å². The summed E-state index contributed by atoms with van der Waals surface area (Å²) in [5, 5.41) is 6.25. The Morgan fingerprint density at radius 3 is 1.25 bits per heavy atom. The van der Waals surface area contributed by atoms with Gasteiger partial charge in [-0.3, -0.25) is 0 Å². The van der Waals surface area contributed by atoms with Gasteiger partial charge in [0.25, 0.3) is 0 Å². The molecule has 4 aromatic rings. The Labute approximate surface area is 351 Å². The molecule has 18 heteroatoms. The molecule has 326 valence electrons. The van der Waals surface area contributed by atoms with E-state index in [0.717, 1.165) is 12.5 Å². The van der Waals surface area contributed by atoms with Gasteiger partial charge in [0.05, 0.1) is 24.0 Å². The van der Waals surface area contributed by atoms with Crippen molar-refractivity contribution in [3.8, 4) is 34.5 Å². The van der Waals surface area contributed by atoms with Crippen LogP contribution >= 0.6 is 0 Å². The third-order valence-corrected chi connectivity index (χ3v) is 11.1. The van der Waals surface area contributed by atoms with Crippen molar-refractivity contribution in [1.82, 2.24) is 10.6 Å². The predicted molar refractivity (Wildman–Crippen MR) is 222 cm³/mol. The molecule has 0 aliphatic rings. The quantitative estimate of drug-likeness (QED) is 0.0586. The number of nitrogens with one attached hydrogen (secondary N) is 2. The number of benzene rings is 4. The number of esters is 2. The van der Waals surface area contributed by atoms with Gasteiger partial charge in [0, 0.05) is 50.8 Å². The monoisotopic (exact) mass is 872 g/mol. The number of ether oxygens (including phenoxy) is 8. The van der Waals surface area contributed by atoms with Crippen molar-refractivity contribution in [3.05, 3.63) is 96.1 Å². The van der Waals surface area contributed by atoms with Crippen molar-refractivity contribution in [2.45, 2.75) is 35.8 Å². The molecule has 0 radical (unpaired) electrons. The van der Waals surface area contributed by atoms with Crippen LogP contribution in [-0.4, -0.2) is 120 Å². The highest BCUT2D eigenvalue weighted by Gasteiger charge is 2.27. The first-order valence-corrected chi connectivity index (χ1v) is 22.6. The second-order valence-corrected chi connectivity index (χ2v) is 17.5. The number of para-hydroxylation sites is 2. The molecule has 60 heavy (non-hydrogen) atoms. The van der Waals surface area contributed by atoms with Crippen LogP contribution in [0.5, 0.6) is 34.5 Å². The molecule has 0 saturated carbocycles. The van der Waals surface area contributed by atoms with Gasteiger partial charge in [-0.1, -0.05) is 36.4 Å². The maximum absolute atomic E-state index is 13.2. The summed E-state index contributed by atoms with van der Waals surface area (Å²) >= 11 is 0. The zero-order valence-corrected chi connectivity index (χ0v) is 36.1. The number of carbonyl (C=O) groups excluding carboxylic acids is 2. The van der Waals surface area contributed by atoms with Gasteiger partial charge in [-0.2, -0.15) is 0 Å². The molecule has 0 aromatic heterocycles. The van der Waals surface area contributed by atoms with Crippen LogP contribution in [0.4, 0.5) is 0 Å². The molecule has 0 saturated heterocycles. The Morgan fingerprint density at radius 1 is 0.550 bits per heavy atom. The van der Waals surface area contributed by atoms with Crippen LogP contribution in [0.1, 0.15) is 11.1 Å². The zero-order chi connectivity index (χ0) is 43.7. The molecule has 2 N–H and O–H groups in total. The molecule has 2 unspecified atom stereocenters. The first-order chi connectivity index (χ1) is 28.6. The van der Waals surface area contributed by atoms with Crippen molar-refractivity contribution in [3.63, 3.8) is 0 Å². The normalized spacial score (nSPS) is 12.4. The standard InChI is InChI=1S/C42H52N2O14S2/c1-29-21-37(35(51-3)23-39(29)59(5,47)48)53-19-17-43-25-33(27-55-31-13-9-7-10-14-31)57-41(45)42(46)58-34(28-56-32-15-11-8-12-16-32)26-44-18-20-54-38-22-30(2)40(60(6,49)50)24-36(38)52-4/h7-16,21-24,33-34,43-44H,17-20,25-28H2,1-6H3.